The third-order valence-corrected chi connectivity index (χ3v) is 33.8. The molecule has 0 spiro atoms. The Morgan fingerprint density at radius 3 is 0.560 bits per heavy atom. The molecule has 0 bridgehead atoms. The summed E-state index contributed by atoms with van der Waals surface area (Å²) in [7, 11) is -19.1. The van der Waals surface area contributed by atoms with Crippen LogP contribution in [0.1, 0.15) is 62.3 Å². The van der Waals surface area contributed by atoms with Crippen molar-refractivity contribution in [3.8, 4) is 0 Å². The molecular formula is C31H78O12Si7. The molecule has 0 aromatic carbocycles. The van der Waals surface area contributed by atoms with Crippen LogP contribution in [0.2, 0.25) is 82.1 Å². The smallest absolute Gasteiger partial charge is 0.417 e. The van der Waals surface area contributed by atoms with Crippen LogP contribution >= 0.6 is 0 Å². The SMILES string of the molecule is CCO[Si](CC[Si](C)(C)O[Si](C)(O[Si](C)(C)CC[Si](OCC)(OCC)OCC)O[Si](C)(C)CC[Si](OCC)(OCC)OCC)(OCC)OCC. The van der Waals surface area contributed by atoms with Crippen LogP contribution < -0.4 is 0 Å². The summed E-state index contributed by atoms with van der Waals surface area (Å²) in [6.45, 7) is 38.3. The fraction of sp³-hybridized carbons (Fsp3) is 1.00. The standard InChI is InChI=1S/C31H78O12Si7/c1-17-32-48(33-18-2,34-19-3)29-26-44(10,11)41-47(16,42-45(12,13)27-30-49(35-20-4,36-21-5)37-22-6)43-46(14,15)28-31-50(38-23-7,39-24-8)40-25-9/h17-31H2,1-16H3. The quantitative estimate of drug-likeness (QED) is 0.0593. The summed E-state index contributed by atoms with van der Waals surface area (Å²) in [5.74, 6) is 0. The Labute approximate surface area is 315 Å². The second-order valence-electron chi connectivity index (χ2n) is 13.9. The lowest BCUT2D eigenvalue weighted by Gasteiger charge is -2.44. The first-order valence-electron chi connectivity index (χ1n) is 19.1. The number of rotatable bonds is 33. The first kappa shape index (κ1) is 51.0. The fourth-order valence-electron chi connectivity index (χ4n) is 6.09. The van der Waals surface area contributed by atoms with E-state index in [1.54, 1.807) is 0 Å². The summed E-state index contributed by atoms with van der Waals surface area (Å²) in [6.07, 6.45) is 0. The molecule has 0 heterocycles. The zero-order valence-corrected chi connectivity index (χ0v) is 42.0. The molecule has 0 aromatic rings. The first-order valence-corrected chi connectivity index (χ1v) is 36.5. The summed E-state index contributed by atoms with van der Waals surface area (Å²) in [4.78, 5) is 0. The Morgan fingerprint density at radius 1 is 0.260 bits per heavy atom. The van der Waals surface area contributed by atoms with Gasteiger partial charge in [-0.3, -0.25) is 0 Å². The van der Waals surface area contributed by atoms with Gasteiger partial charge in [-0.2, -0.15) is 0 Å². The van der Waals surface area contributed by atoms with E-state index in [9.17, 15) is 0 Å². The second-order valence-corrected chi connectivity index (χ2v) is 38.3. The molecule has 0 amide bonds. The van der Waals surface area contributed by atoms with E-state index >= 15 is 0 Å². The van der Waals surface area contributed by atoms with E-state index in [-0.39, 0.29) is 0 Å². The van der Waals surface area contributed by atoms with Crippen molar-refractivity contribution in [3.05, 3.63) is 0 Å². The van der Waals surface area contributed by atoms with Gasteiger partial charge < -0.3 is 52.2 Å². The maximum atomic E-state index is 7.27. The Bertz CT molecular complexity index is 730. The van der Waals surface area contributed by atoms with Gasteiger partial charge in [0.05, 0.1) is 0 Å². The highest BCUT2D eigenvalue weighted by Crippen LogP contribution is 2.35. The van der Waals surface area contributed by atoms with Crippen LogP contribution in [0.5, 0.6) is 0 Å². The van der Waals surface area contributed by atoms with Crippen molar-refractivity contribution in [2.24, 2.45) is 0 Å². The summed E-state index contributed by atoms with van der Waals surface area (Å²) < 4.78 is 77.6. The summed E-state index contributed by atoms with van der Waals surface area (Å²) >= 11 is 0. The van der Waals surface area contributed by atoms with Gasteiger partial charge in [0.25, 0.3) is 0 Å². The Hall–Kier alpha value is 1.04. The molecule has 12 nitrogen and oxygen atoms in total. The third-order valence-electron chi connectivity index (χ3n) is 7.76. The van der Waals surface area contributed by atoms with Crippen LogP contribution in [0.4, 0.5) is 0 Å². The summed E-state index contributed by atoms with van der Waals surface area (Å²) in [6, 6.07) is 4.44. The van der Waals surface area contributed by atoms with Gasteiger partial charge >= 0.3 is 35.2 Å². The minimum Gasteiger partial charge on any atom is -0.417 e. The average molecular weight is 840 g/mol. The van der Waals surface area contributed by atoms with Crippen LogP contribution in [0.25, 0.3) is 0 Å². The first-order chi connectivity index (χ1) is 23.3. The Kier molecular flexibility index (Phi) is 25.0. The molecular weight excluding hydrogens is 761 g/mol. The van der Waals surface area contributed by atoms with Gasteiger partial charge in [-0.25, -0.2) is 0 Å². The predicted molar refractivity (Wildman–Crippen MR) is 218 cm³/mol. The molecule has 0 radical (unpaired) electrons. The molecule has 302 valence electrons. The lowest BCUT2D eigenvalue weighted by atomic mass is 10.9. The van der Waals surface area contributed by atoms with E-state index in [2.05, 4.69) is 45.8 Å². The van der Waals surface area contributed by atoms with Gasteiger partial charge in [-0.15, -0.1) is 0 Å². The minimum atomic E-state index is -3.25. The molecule has 0 saturated carbocycles. The maximum Gasteiger partial charge on any atom is 0.500 e. The van der Waals surface area contributed by atoms with Crippen LogP contribution in [0.15, 0.2) is 0 Å². The normalized spacial score (nSPS) is 14.2. The van der Waals surface area contributed by atoms with Gasteiger partial charge in [0.2, 0.25) is 0 Å². The second kappa shape index (κ2) is 24.5. The molecule has 0 aliphatic carbocycles. The van der Waals surface area contributed by atoms with Crippen molar-refractivity contribution >= 4 is 60.2 Å². The highest BCUT2D eigenvalue weighted by Gasteiger charge is 2.53. The van der Waals surface area contributed by atoms with E-state index in [0.29, 0.717) is 77.6 Å². The van der Waals surface area contributed by atoms with Crippen LogP contribution in [-0.2, 0) is 52.2 Å². The maximum absolute atomic E-state index is 7.27. The van der Waals surface area contributed by atoms with Gasteiger partial charge in [-0.05, 0) is 120 Å². The number of hydrogen-bond acceptors (Lipinski definition) is 12. The predicted octanol–water partition coefficient (Wildman–Crippen LogP) is 8.37. The summed E-state index contributed by atoms with van der Waals surface area (Å²) in [5, 5.41) is 0. The number of hydrogen-bond donors (Lipinski definition) is 0. The fourth-order valence-corrected chi connectivity index (χ4v) is 37.9. The van der Waals surface area contributed by atoms with Crippen molar-refractivity contribution in [2.75, 3.05) is 59.5 Å². The van der Waals surface area contributed by atoms with Crippen molar-refractivity contribution in [3.63, 3.8) is 0 Å². The molecule has 0 atom stereocenters. The molecule has 0 fully saturated rings. The van der Waals surface area contributed by atoms with Crippen molar-refractivity contribution in [1.29, 1.82) is 0 Å². The average Bonchev–Trinajstić information content (AvgIpc) is 2.98. The van der Waals surface area contributed by atoms with E-state index in [4.69, 9.17) is 52.2 Å². The third kappa shape index (κ3) is 19.6. The molecule has 0 aliphatic rings. The highest BCUT2D eigenvalue weighted by atomic mass is 28.5. The van der Waals surface area contributed by atoms with Gasteiger partial charge in [0, 0.05) is 84.1 Å². The van der Waals surface area contributed by atoms with E-state index in [1.807, 2.05) is 62.3 Å². The Morgan fingerprint density at radius 2 is 0.420 bits per heavy atom. The van der Waals surface area contributed by atoms with Crippen molar-refractivity contribution < 1.29 is 52.2 Å². The minimum absolute atomic E-state index is 0.541. The molecule has 0 aliphatic heterocycles. The molecule has 0 rings (SSSR count). The lowest BCUT2D eigenvalue weighted by molar-refractivity contribution is 0.0716. The van der Waals surface area contributed by atoms with Crippen molar-refractivity contribution in [1.82, 2.24) is 0 Å². The molecule has 0 aromatic heterocycles. The molecule has 0 N–H and O–H groups in total. The zero-order chi connectivity index (χ0) is 38.6. The van der Waals surface area contributed by atoms with Crippen molar-refractivity contribution in [2.45, 2.75) is 144 Å². The highest BCUT2D eigenvalue weighted by molar-refractivity contribution is 6.91. The zero-order valence-electron chi connectivity index (χ0n) is 35.0. The van der Waals surface area contributed by atoms with E-state index in [1.165, 1.54) is 0 Å². The van der Waals surface area contributed by atoms with Gasteiger partial charge in [0.15, 0.2) is 25.0 Å². The monoisotopic (exact) mass is 838 g/mol. The molecule has 0 saturated heterocycles. The van der Waals surface area contributed by atoms with Gasteiger partial charge in [0.1, 0.15) is 0 Å². The van der Waals surface area contributed by atoms with E-state index < -0.39 is 60.2 Å². The Balaban J connectivity index is 6.55. The van der Waals surface area contributed by atoms with Crippen LogP contribution in [0.3, 0.4) is 0 Å². The molecule has 19 heteroatoms. The molecule has 0 unspecified atom stereocenters. The largest absolute Gasteiger partial charge is 0.500 e. The lowest BCUT2D eigenvalue weighted by Crippen LogP contribution is -2.61. The topological polar surface area (TPSA) is 111 Å². The van der Waals surface area contributed by atoms with E-state index in [0.717, 1.165) is 18.1 Å². The van der Waals surface area contributed by atoms with Crippen LogP contribution in [0, 0.1) is 0 Å². The molecule has 50 heavy (non-hydrogen) atoms. The summed E-state index contributed by atoms with van der Waals surface area (Å²) in [5.41, 5.74) is 0. The van der Waals surface area contributed by atoms with Crippen LogP contribution in [-0.4, -0.2) is 120 Å². The van der Waals surface area contributed by atoms with Gasteiger partial charge in [-0.1, -0.05) is 0 Å².